The number of para-hydroxylation sites is 2. The van der Waals surface area contributed by atoms with Gasteiger partial charge in [0.25, 0.3) is 0 Å². The Morgan fingerprint density at radius 1 is 1.08 bits per heavy atom. The topological polar surface area (TPSA) is 50.1 Å². The molecule has 0 atom stereocenters. The van der Waals surface area contributed by atoms with Crippen LogP contribution in [0.4, 0.5) is 10.3 Å². The molecular weight excluding hydrogens is 317 g/mol. The second kappa shape index (κ2) is 6.84. The van der Waals surface area contributed by atoms with E-state index in [2.05, 4.69) is 9.88 Å². The van der Waals surface area contributed by atoms with Gasteiger partial charge in [0.05, 0.1) is 23.7 Å². The Morgan fingerprint density at radius 3 is 2.68 bits per heavy atom. The molecule has 130 valence electrons. The lowest BCUT2D eigenvalue weighted by molar-refractivity contribution is 0.126. The maximum atomic E-state index is 13.6. The highest BCUT2D eigenvalue weighted by atomic mass is 19.1. The van der Waals surface area contributed by atoms with Gasteiger partial charge in [-0.15, -0.1) is 0 Å². The monoisotopic (exact) mass is 339 g/mol. The molecule has 1 aromatic heterocycles. The lowest BCUT2D eigenvalue weighted by Gasteiger charge is -2.26. The summed E-state index contributed by atoms with van der Waals surface area (Å²) < 4.78 is 15.7. The summed E-state index contributed by atoms with van der Waals surface area (Å²) in [6, 6.07) is 15.0. The van der Waals surface area contributed by atoms with E-state index in [1.165, 1.54) is 6.07 Å². The third kappa shape index (κ3) is 3.51. The van der Waals surface area contributed by atoms with Crippen molar-refractivity contribution in [2.45, 2.75) is 44.4 Å². The highest BCUT2D eigenvalue weighted by molar-refractivity contribution is 5.78. The van der Waals surface area contributed by atoms with E-state index in [9.17, 15) is 9.50 Å². The number of aliphatic hydroxyl groups excluding tert-OH is 1. The van der Waals surface area contributed by atoms with Crippen LogP contribution in [0.5, 0.6) is 0 Å². The largest absolute Gasteiger partial charge is 0.393 e. The SMILES string of the molecule is OC1CCC(Nc2nc3ccccc3n2Cc2cccc(F)c2)CC1. The summed E-state index contributed by atoms with van der Waals surface area (Å²) in [5.41, 5.74) is 2.87. The minimum atomic E-state index is -0.224. The van der Waals surface area contributed by atoms with Crippen LogP contribution in [0.25, 0.3) is 11.0 Å². The van der Waals surface area contributed by atoms with Gasteiger partial charge in [-0.2, -0.15) is 0 Å². The molecule has 0 amide bonds. The van der Waals surface area contributed by atoms with Gasteiger partial charge in [-0.25, -0.2) is 9.37 Å². The second-order valence-corrected chi connectivity index (χ2v) is 6.79. The number of nitrogens with zero attached hydrogens (tertiary/aromatic N) is 2. The summed E-state index contributed by atoms with van der Waals surface area (Å²) in [5.74, 6) is 0.588. The average Bonchev–Trinajstić information content (AvgIpc) is 2.94. The zero-order valence-electron chi connectivity index (χ0n) is 14.0. The molecule has 0 bridgehead atoms. The molecule has 0 unspecified atom stereocenters. The van der Waals surface area contributed by atoms with Crippen molar-refractivity contribution in [2.75, 3.05) is 5.32 Å². The Morgan fingerprint density at radius 2 is 1.88 bits per heavy atom. The van der Waals surface area contributed by atoms with Crippen molar-refractivity contribution in [1.82, 2.24) is 9.55 Å². The molecule has 4 rings (SSSR count). The van der Waals surface area contributed by atoms with Crippen LogP contribution in [0, 0.1) is 5.82 Å². The first-order valence-electron chi connectivity index (χ1n) is 8.83. The smallest absolute Gasteiger partial charge is 0.204 e. The van der Waals surface area contributed by atoms with E-state index < -0.39 is 0 Å². The fraction of sp³-hybridized carbons (Fsp3) is 0.350. The van der Waals surface area contributed by atoms with Gasteiger partial charge in [0.1, 0.15) is 5.82 Å². The predicted molar refractivity (Wildman–Crippen MR) is 97.1 cm³/mol. The first-order chi connectivity index (χ1) is 12.2. The van der Waals surface area contributed by atoms with Crippen molar-refractivity contribution in [3.8, 4) is 0 Å². The summed E-state index contributed by atoms with van der Waals surface area (Å²) in [6.45, 7) is 0.565. The fourth-order valence-electron chi connectivity index (χ4n) is 3.57. The van der Waals surface area contributed by atoms with Gasteiger partial charge in [0.15, 0.2) is 0 Å². The van der Waals surface area contributed by atoms with Crippen LogP contribution in [0.2, 0.25) is 0 Å². The molecule has 4 nitrogen and oxygen atoms in total. The molecule has 1 saturated carbocycles. The number of aromatic nitrogens is 2. The predicted octanol–water partition coefficient (Wildman–Crippen LogP) is 3.94. The van der Waals surface area contributed by atoms with Crippen molar-refractivity contribution in [3.63, 3.8) is 0 Å². The van der Waals surface area contributed by atoms with Crippen molar-refractivity contribution in [1.29, 1.82) is 0 Å². The Hall–Kier alpha value is -2.40. The van der Waals surface area contributed by atoms with Gasteiger partial charge in [-0.05, 0) is 55.5 Å². The Kier molecular flexibility index (Phi) is 4.40. The number of nitrogens with one attached hydrogen (secondary N) is 1. The van der Waals surface area contributed by atoms with Crippen molar-refractivity contribution < 1.29 is 9.50 Å². The standard InChI is InChI=1S/C20H22FN3O/c21-15-5-3-4-14(12-15)13-24-19-7-2-1-6-18(19)23-20(24)22-16-8-10-17(25)11-9-16/h1-7,12,16-17,25H,8-11,13H2,(H,22,23). The van der Waals surface area contributed by atoms with E-state index in [1.54, 1.807) is 12.1 Å². The van der Waals surface area contributed by atoms with E-state index in [1.807, 2.05) is 30.3 Å². The molecule has 1 heterocycles. The van der Waals surface area contributed by atoms with Crippen LogP contribution >= 0.6 is 0 Å². The molecule has 1 aliphatic rings. The molecule has 25 heavy (non-hydrogen) atoms. The lowest BCUT2D eigenvalue weighted by atomic mass is 9.93. The van der Waals surface area contributed by atoms with Crippen LogP contribution < -0.4 is 5.32 Å². The highest BCUT2D eigenvalue weighted by Crippen LogP contribution is 2.26. The minimum absolute atomic E-state index is 0.177. The third-order valence-electron chi connectivity index (χ3n) is 4.91. The summed E-state index contributed by atoms with van der Waals surface area (Å²) in [5, 5.41) is 13.2. The van der Waals surface area contributed by atoms with Crippen LogP contribution in [-0.2, 0) is 6.54 Å². The van der Waals surface area contributed by atoms with Gasteiger partial charge < -0.3 is 15.0 Å². The van der Waals surface area contributed by atoms with Crippen molar-refractivity contribution >= 4 is 17.0 Å². The maximum Gasteiger partial charge on any atom is 0.204 e. The Balaban J connectivity index is 1.66. The molecule has 0 aliphatic heterocycles. The van der Waals surface area contributed by atoms with E-state index >= 15 is 0 Å². The number of aliphatic hydroxyl groups is 1. The van der Waals surface area contributed by atoms with Crippen molar-refractivity contribution in [2.24, 2.45) is 0 Å². The molecular formula is C20H22FN3O. The van der Waals surface area contributed by atoms with Gasteiger partial charge in [0, 0.05) is 6.04 Å². The van der Waals surface area contributed by atoms with Crippen LogP contribution in [-0.4, -0.2) is 26.8 Å². The number of benzene rings is 2. The second-order valence-electron chi connectivity index (χ2n) is 6.79. The van der Waals surface area contributed by atoms with Gasteiger partial charge in [-0.3, -0.25) is 0 Å². The van der Waals surface area contributed by atoms with E-state index in [-0.39, 0.29) is 11.9 Å². The van der Waals surface area contributed by atoms with Crippen LogP contribution in [0.15, 0.2) is 48.5 Å². The van der Waals surface area contributed by atoms with Crippen LogP contribution in [0.3, 0.4) is 0 Å². The number of halogens is 1. The Labute approximate surface area is 146 Å². The number of hydrogen-bond donors (Lipinski definition) is 2. The molecule has 1 aliphatic carbocycles. The molecule has 2 N–H and O–H groups in total. The quantitative estimate of drug-likeness (QED) is 0.757. The third-order valence-corrected chi connectivity index (χ3v) is 4.91. The molecule has 1 fully saturated rings. The number of imidazole rings is 1. The minimum Gasteiger partial charge on any atom is -0.393 e. The van der Waals surface area contributed by atoms with Crippen molar-refractivity contribution in [3.05, 3.63) is 59.9 Å². The average molecular weight is 339 g/mol. The first kappa shape index (κ1) is 16.1. The number of fused-ring (bicyclic) bond motifs is 1. The Bertz CT molecular complexity index is 868. The van der Waals surface area contributed by atoms with Gasteiger partial charge in [-0.1, -0.05) is 24.3 Å². The van der Waals surface area contributed by atoms with Gasteiger partial charge >= 0.3 is 0 Å². The number of anilines is 1. The zero-order valence-corrected chi connectivity index (χ0v) is 14.0. The highest BCUT2D eigenvalue weighted by Gasteiger charge is 2.21. The molecule has 0 saturated heterocycles. The summed E-state index contributed by atoms with van der Waals surface area (Å²) >= 11 is 0. The molecule has 3 aromatic rings. The van der Waals surface area contributed by atoms with Crippen LogP contribution in [0.1, 0.15) is 31.2 Å². The molecule has 2 aromatic carbocycles. The van der Waals surface area contributed by atoms with E-state index in [0.29, 0.717) is 12.6 Å². The van der Waals surface area contributed by atoms with E-state index in [4.69, 9.17) is 4.98 Å². The summed E-state index contributed by atoms with van der Waals surface area (Å²) in [4.78, 5) is 4.74. The zero-order chi connectivity index (χ0) is 17.2. The molecule has 0 spiro atoms. The van der Waals surface area contributed by atoms with Gasteiger partial charge in [0.2, 0.25) is 5.95 Å². The molecule has 0 radical (unpaired) electrons. The summed E-state index contributed by atoms with van der Waals surface area (Å²) in [7, 11) is 0. The summed E-state index contributed by atoms with van der Waals surface area (Å²) in [6.07, 6.45) is 3.34. The normalized spacial score (nSPS) is 20.7. The van der Waals surface area contributed by atoms with E-state index in [0.717, 1.165) is 48.2 Å². The molecule has 5 heteroatoms. The first-order valence-corrected chi connectivity index (χ1v) is 8.83. The fourth-order valence-corrected chi connectivity index (χ4v) is 3.57. The lowest BCUT2D eigenvalue weighted by Crippen LogP contribution is -2.29. The number of rotatable bonds is 4. The maximum absolute atomic E-state index is 13.6. The number of hydrogen-bond acceptors (Lipinski definition) is 3.